The van der Waals surface area contributed by atoms with E-state index in [9.17, 15) is 9.59 Å². The molecule has 0 radical (unpaired) electrons. The SMILES string of the molecule is CC(=O)O[C@@H]1C(=O)C[C@]2(C)[C@H]3CCc4cocc4[C@]3(C)CC[C@H]2C1(C)C. The van der Waals surface area contributed by atoms with Gasteiger partial charge in [0.05, 0.1) is 12.5 Å². The molecule has 3 aliphatic rings. The largest absolute Gasteiger partial charge is 0.472 e. The minimum absolute atomic E-state index is 0.0659. The van der Waals surface area contributed by atoms with E-state index in [-0.39, 0.29) is 28.0 Å². The van der Waals surface area contributed by atoms with Crippen LogP contribution in [0.2, 0.25) is 0 Å². The van der Waals surface area contributed by atoms with E-state index in [1.54, 1.807) is 0 Å². The Labute approximate surface area is 155 Å². The van der Waals surface area contributed by atoms with E-state index in [0.29, 0.717) is 18.3 Å². The normalized spacial score (nSPS) is 41.0. The molecule has 1 aromatic heterocycles. The van der Waals surface area contributed by atoms with Gasteiger partial charge in [-0.3, -0.25) is 9.59 Å². The van der Waals surface area contributed by atoms with E-state index in [1.807, 2.05) is 12.5 Å². The zero-order valence-electron chi connectivity index (χ0n) is 16.6. The number of furan rings is 1. The number of fused-ring (bicyclic) bond motifs is 5. The summed E-state index contributed by atoms with van der Waals surface area (Å²) in [5.41, 5.74) is 2.34. The molecule has 0 N–H and O–H groups in total. The van der Waals surface area contributed by atoms with Crippen molar-refractivity contribution in [3.63, 3.8) is 0 Å². The van der Waals surface area contributed by atoms with Crippen molar-refractivity contribution in [3.8, 4) is 0 Å². The Morgan fingerprint density at radius 2 is 1.88 bits per heavy atom. The highest BCUT2D eigenvalue weighted by Crippen LogP contribution is 2.66. The number of ketones is 1. The average Bonchev–Trinajstić information content (AvgIpc) is 3.00. The Bertz CT molecular complexity index is 760. The van der Waals surface area contributed by atoms with E-state index in [4.69, 9.17) is 9.15 Å². The smallest absolute Gasteiger partial charge is 0.303 e. The van der Waals surface area contributed by atoms with Gasteiger partial charge in [0.25, 0.3) is 0 Å². The number of hydrogen-bond acceptors (Lipinski definition) is 4. The second-order valence-corrected chi connectivity index (χ2v) is 9.87. The lowest BCUT2D eigenvalue weighted by atomic mass is 9.40. The first-order valence-corrected chi connectivity index (χ1v) is 9.86. The van der Waals surface area contributed by atoms with Crippen LogP contribution in [-0.2, 0) is 26.2 Å². The van der Waals surface area contributed by atoms with Gasteiger partial charge in [-0.15, -0.1) is 0 Å². The molecule has 0 unspecified atom stereocenters. The number of hydrogen-bond donors (Lipinski definition) is 0. The van der Waals surface area contributed by atoms with Crippen molar-refractivity contribution in [1.29, 1.82) is 0 Å². The quantitative estimate of drug-likeness (QED) is 0.696. The molecule has 26 heavy (non-hydrogen) atoms. The molecular weight excluding hydrogens is 328 g/mol. The molecule has 4 heteroatoms. The van der Waals surface area contributed by atoms with Crippen LogP contribution < -0.4 is 0 Å². The summed E-state index contributed by atoms with van der Waals surface area (Å²) in [6, 6.07) is 0. The first-order chi connectivity index (χ1) is 12.1. The van der Waals surface area contributed by atoms with Crippen molar-refractivity contribution in [3.05, 3.63) is 23.7 Å². The third-order valence-electron chi connectivity index (χ3n) is 8.08. The van der Waals surface area contributed by atoms with Crippen LogP contribution in [0, 0.1) is 22.7 Å². The molecule has 2 saturated carbocycles. The molecule has 4 nitrogen and oxygen atoms in total. The van der Waals surface area contributed by atoms with Crippen molar-refractivity contribution >= 4 is 11.8 Å². The van der Waals surface area contributed by atoms with Crippen molar-refractivity contribution < 1.29 is 18.7 Å². The van der Waals surface area contributed by atoms with Gasteiger partial charge in [0.2, 0.25) is 0 Å². The fourth-order valence-electron chi connectivity index (χ4n) is 7.13. The van der Waals surface area contributed by atoms with Crippen molar-refractivity contribution in [2.75, 3.05) is 0 Å². The molecular formula is C22H30O4. The monoisotopic (exact) mass is 358 g/mol. The van der Waals surface area contributed by atoms with Crippen LogP contribution in [0.5, 0.6) is 0 Å². The second kappa shape index (κ2) is 5.46. The Hall–Kier alpha value is -1.58. The number of rotatable bonds is 1. The van der Waals surface area contributed by atoms with Crippen LogP contribution in [0.4, 0.5) is 0 Å². The van der Waals surface area contributed by atoms with Crippen LogP contribution in [0.15, 0.2) is 16.9 Å². The standard InChI is InChI=1S/C22H30O4/c1-13(23)26-19-16(24)10-22(5)17(20(19,2)3)8-9-21(4)15-12-25-11-14(15)6-7-18(21)22/h11-12,17-19H,6-10H2,1-5H3/t17-,18-,19+,21-,22-/m0/s1. The van der Waals surface area contributed by atoms with Crippen LogP contribution in [-0.4, -0.2) is 17.9 Å². The molecule has 1 aromatic rings. The summed E-state index contributed by atoms with van der Waals surface area (Å²) in [5.74, 6) is 0.538. The van der Waals surface area contributed by atoms with Gasteiger partial charge in [-0.05, 0) is 59.5 Å². The lowest BCUT2D eigenvalue weighted by Gasteiger charge is -2.64. The van der Waals surface area contributed by atoms with E-state index in [1.165, 1.54) is 18.1 Å². The molecule has 2 fully saturated rings. The summed E-state index contributed by atoms with van der Waals surface area (Å²) in [6.07, 6.45) is 7.98. The number of ether oxygens (including phenoxy) is 1. The molecule has 1 heterocycles. The fraction of sp³-hybridized carbons (Fsp3) is 0.727. The molecule has 5 atom stereocenters. The second-order valence-electron chi connectivity index (χ2n) is 9.87. The van der Waals surface area contributed by atoms with E-state index >= 15 is 0 Å². The molecule has 0 amide bonds. The average molecular weight is 358 g/mol. The summed E-state index contributed by atoms with van der Waals surface area (Å²) in [5, 5.41) is 0. The van der Waals surface area contributed by atoms with E-state index in [2.05, 4.69) is 27.7 Å². The molecule has 0 bridgehead atoms. The summed E-state index contributed by atoms with van der Waals surface area (Å²) in [7, 11) is 0. The predicted octanol–water partition coefficient (Wildman–Crippen LogP) is 4.45. The molecule has 0 saturated heterocycles. The topological polar surface area (TPSA) is 56.5 Å². The number of carbonyl (C=O) groups is 2. The number of aryl methyl sites for hydroxylation is 1. The van der Waals surface area contributed by atoms with Gasteiger partial charge in [-0.25, -0.2) is 0 Å². The van der Waals surface area contributed by atoms with Gasteiger partial charge in [-0.2, -0.15) is 0 Å². The minimum Gasteiger partial charge on any atom is -0.472 e. The maximum absolute atomic E-state index is 13.1. The summed E-state index contributed by atoms with van der Waals surface area (Å²) in [4.78, 5) is 24.7. The third kappa shape index (κ3) is 2.20. The van der Waals surface area contributed by atoms with Gasteiger partial charge < -0.3 is 9.15 Å². The predicted molar refractivity (Wildman–Crippen MR) is 97.7 cm³/mol. The summed E-state index contributed by atoms with van der Waals surface area (Å²) in [6.45, 7) is 10.3. The van der Waals surface area contributed by atoms with Crippen molar-refractivity contribution in [2.24, 2.45) is 22.7 Å². The highest BCUT2D eigenvalue weighted by Gasteiger charge is 2.64. The number of esters is 1. The number of carbonyl (C=O) groups excluding carboxylic acids is 2. The van der Waals surface area contributed by atoms with Crippen LogP contribution in [0.25, 0.3) is 0 Å². The van der Waals surface area contributed by atoms with Crippen LogP contribution in [0.1, 0.15) is 71.4 Å². The first-order valence-electron chi connectivity index (χ1n) is 9.86. The molecule has 4 rings (SSSR count). The molecule has 0 aliphatic heterocycles. The Morgan fingerprint density at radius 1 is 1.15 bits per heavy atom. The lowest BCUT2D eigenvalue weighted by Crippen LogP contribution is -2.63. The van der Waals surface area contributed by atoms with Crippen LogP contribution in [0.3, 0.4) is 0 Å². The minimum atomic E-state index is -0.615. The Balaban J connectivity index is 1.76. The van der Waals surface area contributed by atoms with Gasteiger partial charge in [0.15, 0.2) is 11.9 Å². The highest BCUT2D eigenvalue weighted by atomic mass is 16.5. The maximum Gasteiger partial charge on any atom is 0.303 e. The molecule has 142 valence electrons. The van der Waals surface area contributed by atoms with Crippen molar-refractivity contribution in [2.45, 2.75) is 78.2 Å². The third-order valence-corrected chi connectivity index (χ3v) is 8.08. The van der Waals surface area contributed by atoms with Gasteiger partial charge in [-0.1, -0.05) is 27.7 Å². The zero-order valence-corrected chi connectivity index (χ0v) is 16.6. The van der Waals surface area contributed by atoms with Gasteiger partial charge >= 0.3 is 5.97 Å². The highest BCUT2D eigenvalue weighted by molar-refractivity contribution is 5.88. The zero-order chi connectivity index (χ0) is 18.9. The Kier molecular flexibility index (Phi) is 3.74. The summed E-state index contributed by atoms with van der Waals surface area (Å²) >= 11 is 0. The van der Waals surface area contributed by atoms with Gasteiger partial charge in [0.1, 0.15) is 0 Å². The lowest BCUT2D eigenvalue weighted by molar-refractivity contribution is -0.190. The molecule has 0 spiro atoms. The summed E-state index contributed by atoms with van der Waals surface area (Å²) < 4.78 is 11.1. The van der Waals surface area contributed by atoms with Gasteiger partial charge in [0, 0.05) is 18.8 Å². The van der Waals surface area contributed by atoms with E-state index in [0.717, 1.165) is 25.7 Å². The van der Waals surface area contributed by atoms with Crippen LogP contribution >= 0.6 is 0 Å². The molecule has 3 aliphatic carbocycles. The van der Waals surface area contributed by atoms with E-state index < -0.39 is 6.10 Å². The van der Waals surface area contributed by atoms with Crippen molar-refractivity contribution in [1.82, 2.24) is 0 Å². The maximum atomic E-state index is 13.1. The molecule has 0 aromatic carbocycles. The Morgan fingerprint density at radius 3 is 2.58 bits per heavy atom. The number of Topliss-reactive ketones (excluding diaryl/α,β-unsaturated/α-hetero) is 1. The first kappa shape index (κ1) is 17.8. The fourth-order valence-corrected chi connectivity index (χ4v) is 7.13.